The van der Waals surface area contributed by atoms with E-state index < -0.39 is 17.8 Å². The summed E-state index contributed by atoms with van der Waals surface area (Å²) in [5, 5.41) is 13.3. The Kier molecular flexibility index (Phi) is 5.30. The normalized spacial score (nSPS) is 13.9. The number of fused-ring (bicyclic) bond motifs is 2. The van der Waals surface area contributed by atoms with Crippen molar-refractivity contribution in [3.8, 4) is 0 Å². The van der Waals surface area contributed by atoms with E-state index in [-0.39, 0.29) is 12.2 Å². The van der Waals surface area contributed by atoms with Crippen molar-refractivity contribution >= 4 is 50.7 Å². The summed E-state index contributed by atoms with van der Waals surface area (Å²) < 4.78 is 8.70. The van der Waals surface area contributed by atoms with Crippen molar-refractivity contribution in [3.63, 3.8) is 0 Å². The summed E-state index contributed by atoms with van der Waals surface area (Å²) in [6, 6.07) is 12.8. The molecule has 8 nitrogen and oxygen atoms in total. The zero-order valence-electron chi connectivity index (χ0n) is 18.8. The number of methoxy groups -OCH3 is 1. The van der Waals surface area contributed by atoms with E-state index in [4.69, 9.17) is 4.74 Å². The van der Waals surface area contributed by atoms with Crippen LogP contribution < -0.4 is 5.32 Å². The number of carbonyl (C=O) groups excluding carboxylic acids is 3. The molecule has 0 saturated carbocycles. The van der Waals surface area contributed by atoms with Gasteiger partial charge < -0.3 is 19.0 Å². The molecule has 3 heterocycles. The maximum absolute atomic E-state index is 13.1. The second-order valence-corrected chi connectivity index (χ2v) is 8.24. The predicted octanol–water partition coefficient (Wildman–Crippen LogP) is 2.87. The number of aryl methyl sites for hydroxylation is 2. The van der Waals surface area contributed by atoms with Crippen molar-refractivity contribution in [2.75, 3.05) is 13.7 Å². The molecule has 0 unspecified atom stereocenters. The lowest BCUT2D eigenvalue weighted by Gasteiger charge is -2.04. The summed E-state index contributed by atoms with van der Waals surface area (Å²) in [7, 11) is 3.16. The summed E-state index contributed by atoms with van der Waals surface area (Å²) in [6.07, 6.45) is 4.22. The summed E-state index contributed by atoms with van der Waals surface area (Å²) >= 11 is 0. The van der Waals surface area contributed by atoms with Crippen LogP contribution in [-0.4, -0.2) is 45.7 Å². The summed E-state index contributed by atoms with van der Waals surface area (Å²) in [6.45, 7) is 0.624. The van der Waals surface area contributed by atoms with Crippen molar-refractivity contribution in [3.05, 3.63) is 71.5 Å². The number of hydrogen-bond acceptors (Lipinski definition) is 5. The molecule has 1 aliphatic rings. The minimum atomic E-state index is -0.483. The lowest BCUT2D eigenvalue weighted by Crippen LogP contribution is -2.22. The Morgan fingerprint density at radius 1 is 0.971 bits per heavy atom. The molecule has 0 fully saturated rings. The number of aliphatic hydroxyl groups excluding tert-OH is 1. The van der Waals surface area contributed by atoms with Gasteiger partial charge in [-0.25, -0.2) is 4.79 Å². The van der Waals surface area contributed by atoms with Crippen molar-refractivity contribution in [1.82, 2.24) is 14.5 Å². The van der Waals surface area contributed by atoms with Crippen LogP contribution in [-0.2, 0) is 27.9 Å². The molecule has 2 aromatic carbocycles. The van der Waals surface area contributed by atoms with E-state index in [1.54, 1.807) is 24.4 Å². The number of rotatable bonds is 6. The van der Waals surface area contributed by atoms with Crippen LogP contribution in [0.2, 0.25) is 0 Å². The number of amides is 2. The fraction of sp³-hybridized carbons (Fsp3) is 0.192. The van der Waals surface area contributed by atoms with Crippen LogP contribution >= 0.6 is 0 Å². The Hall–Kier alpha value is -4.17. The number of aromatic nitrogens is 2. The minimum Gasteiger partial charge on any atom is -0.465 e. The van der Waals surface area contributed by atoms with Gasteiger partial charge in [0, 0.05) is 65.5 Å². The summed E-state index contributed by atoms with van der Waals surface area (Å²) in [4.78, 5) is 38.3. The third kappa shape index (κ3) is 3.31. The van der Waals surface area contributed by atoms with E-state index >= 15 is 0 Å². The third-order valence-electron chi connectivity index (χ3n) is 6.23. The van der Waals surface area contributed by atoms with E-state index in [0.29, 0.717) is 40.6 Å². The van der Waals surface area contributed by atoms with Gasteiger partial charge in [-0.15, -0.1) is 0 Å². The van der Waals surface area contributed by atoms with Gasteiger partial charge in [-0.1, -0.05) is 18.2 Å². The lowest BCUT2D eigenvalue weighted by atomic mass is 9.95. The Balaban J connectivity index is 1.79. The Morgan fingerprint density at radius 3 is 2.38 bits per heavy atom. The lowest BCUT2D eigenvalue weighted by molar-refractivity contribution is -0.122. The van der Waals surface area contributed by atoms with Crippen LogP contribution in [0.25, 0.3) is 33.0 Å². The number of aliphatic hydroxyl groups is 1. The molecule has 2 amide bonds. The standard InChI is InChI=1S/C26H23N3O5/c1-28-13-18(17-12-15(26(33)34-2)8-9-20(17)28)22-23(25(32)27-24(22)31)19-14-29(10-5-11-30)21-7-4-3-6-16(19)21/h3-4,6-9,12-14,30H,5,10-11H2,1-2H3,(H,27,31,32). The van der Waals surface area contributed by atoms with Gasteiger partial charge in [-0.2, -0.15) is 0 Å². The Morgan fingerprint density at radius 2 is 1.68 bits per heavy atom. The van der Waals surface area contributed by atoms with E-state index in [9.17, 15) is 19.5 Å². The van der Waals surface area contributed by atoms with Crippen molar-refractivity contribution in [2.24, 2.45) is 7.05 Å². The molecule has 4 aromatic rings. The quantitative estimate of drug-likeness (QED) is 0.342. The SMILES string of the molecule is COC(=O)c1ccc2c(c1)c(C1=C(c3cn(CCCO)c4ccccc34)C(=O)NC1=O)cn2C. The fourth-order valence-corrected chi connectivity index (χ4v) is 4.68. The average Bonchev–Trinajstić information content (AvgIpc) is 3.47. The zero-order valence-corrected chi connectivity index (χ0v) is 18.8. The molecule has 8 heteroatoms. The Labute approximate surface area is 195 Å². The minimum absolute atomic E-state index is 0.0489. The van der Waals surface area contributed by atoms with Crippen LogP contribution in [0.4, 0.5) is 0 Å². The van der Waals surface area contributed by atoms with Gasteiger partial charge in [0.1, 0.15) is 0 Å². The molecule has 5 rings (SSSR count). The summed E-state index contributed by atoms with van der Waals surface area (Å²) in [5.74, 6) is -1.43. The van der Waals surface area contributed by atoms with Crippen LogP contribution in [0.15, 0.2) is 54.9 Å². The molecule has 0 aliphatic carbocycles. The van der Waals surface area contributed by atoms with Crippen molar-refractivity contribution in [1.29, 1.82) is 0 Å². The highest BCUT2D eigenvalue weighted by Gasteiger charge is 2.35. The second kappa shape index (κ2) is 8.31. The fourth-order valence-electron chi connectivity index (χ4n) is 4.68. The number of hydrogen-bond donors (Lipinski definition) is 2. The predicted molar refractivity (Wildman–Crippen MR) is 128 cm³/mol. The molecule has 0 spiro atoms. The zero-order chi connectivity index (χ0) is 24.0. The number of esters is 1. The van der Waals surface area contributed by atoms with Gasteiger partial charge in [0.2, 0.25) is 0 Å². The first-order valence-corrected chi connectivity index (χ1v) is 10.9. The molecule has 0 bridgehead atoms. The van der Waals surface area contributed by atoms with Gasteiger partial charge >= 0.3 is 5.97 Å². The molecular formula is C26H23N3O5. The smallest absolute Gasteiger partial charge is 0.337 e. The molecule has 172 valence electrons. The molecule has 0 radical (unpaired) electrons. The topological polar surface area (TPSA) is 103 Å². The van der Waals surface area contributed by atoms with Crippen molar-refractivity contribution < 1.29 is 24.2 Å². The molecule has 34 heavy (non-hydrogen) atoms. The highest BCUT2D eigenvalue weighted by molar-refractivity contribution is 6.50. The molecule has 2 aromatic heterocycles. The largest absolute Gasteiger partial charge is 0.465 e. The number of imide groups is 1. The van der Waals surface area contributed by atoms with Gasteiger partial charge in [-0.3, -0.25) is 14.9 Å². The summed E-state index contributed by atoms with van der Waals surface area (Å²) in [5.41, 5.74) is 3.85. The third-order valence-corrected chi connectivity index (χ3v) is 6.23. The van der Waals surface area contributed by atoms with Crippen LogP contribution in [0.3, 0.4) is 0 Å². The van der Waals surface area contributed by atoms with Gasteiger partial charge in [-0.05, 0) is 30.7 Å². The van der Waals surface area contributed by atoms with Gasteiger partial charge in [0.05, 0.1) is 23.8 Å². The highest BCUT2D eigenvalue weighted by atomic mass is 16.5. The maximum Gasteiger partial charge on any atom is 0.337 e. The van der Waals surface area contributed by atoms with E-state index in [2.05, 4.69) is 5.32 Å². The number of carbonyl (C=O) groups is 3. The Bertz CT molecular complexity index is 1520. The van der Waals surface area contributed by atoms with E-state index in [1.165, 1.54) is 7.11 Å². The van der Waals surface area contributed by atoms with Gasteiger partial charge in [0.15, 0.2) is 0 Å². The highest BCUT2D eigenvalue weighted by Crippen LogP contribution is 2.39. The number of para-hydroxylation sites is 1. The second-order valence-electron chi connectivity index (χ2n) is 8.24. The molecule has 0 saturated heterocycles. The van der Waals surface area contributed by atoms with Crippen molar-refractivity contribution in [2.45, 2.75) is 13.0 Å². The molecule has 2 N–H and O–H groups in total. The first-order chi connectivity index (χ1) is 16.4. The number of benzene rings is 2. The number of ether oxygens (including phenoxy) is 1. The molecular weight excluding hydrogens is 434 g/mol. The maximum atomic E-state index is 13.1. The van der Waals surface area contributed by atoms with Crippen LogP contribution in [0.5, 0.6) is 0 Å². The van der Waals surface area contributed by atoms with E-state index in [0.717, 1.165) is 16.4 Å². The van der Waals surface area contributed by atoms with Gasteiger partial charge in [0.25, 0.3) is 11.8 Å². The van der Waals surface area contributed by atoms with E-state index in [1.807, 2.05) is 46.6 Å². The average molecular weight is 457 g/mol. The van der Waals surface area contributed by atoms with Crippen LogP contribution in [0.1, 0.15) is 27.9 Å². The first-order valence-electron chi connectivity index (χ1n) is 10.9. The number of nitrogens with one attached hydrogen (secondary N) is 1. The number of nitrogens with zero attached hydrogens (tertiary/aromatic N) is 2. The monoisotopic (exact) mass is 457 g/mol. The first kappa shape index (κ1) is 21.7. The molecule has 1 aliphatic heterocycles. The molecule has 0 atom stereocenters. The van der Waals surface area contributed by atoms with Crippen LogP contribution in [0, 0.1) is 0 Å².